The van der Waals surface area contributed by atoms with E-state index in [2.05, 4.69) is 41.4 Å². The molecule has 144 valence electrons. The van der Waals surface area contributed by atoms with E-state index < -0.39 is 0 Å². The van der Waals surface area contributed by atoms with Crippen LogP contribution in [0.2, 0.25) is 0 Å². The molecule has 2 aromatic carbocycles. The van der Waals surface area contributed by atoms with Crippen molar-refractivity contribution in [3.8, 4) is 11.5 Å². The Morgan fingerprint density at radius 2 is 1.85 bits per heavy atom. The monoisotopic (exact) mass is 368 g/mol. The Balaban J connectivity index is 1.50. The molecule has 1 amide bonds. The molecule has 0 saturated heterocycles. The number of benzene rings is 2. The second kappa shape index (κ2) is 8.91. The van der Waals surface area contributed by atoms with Gasteiger partial charge >= 0.3 is 0 Å². The van der Waals surface area contributed by atoms with Crippen LogP contribution in [0.3, 0.4) is 0 Å². The van der Waals surface area contributed by atoms with Gasteiger partial charge in [-0.2, -0.15) is 0 Å². The summed E-state index contributed by atoms with van der Waals surface area (Å²) in [5.41, 5.74) is 3.75. The van der Waals surface area contributed by atoms with Crippen LogP contribution in [0.25, 0.3) is 0 Å². The number of rotatable bonds is 7. The van der Waals surface area contributed by atoms with Crippen LogP contribution in [0.5, 0.6) is 11.5 Å². The van der Waals surface area contributed by atoms with E-state index in [4.69, 9.17) is 9.47 Å². The van der Waals surface area contributed by atoms with Crippen molar-refractivity contribution >= 4 is 5.91 Å². The quantitative estimate of drug-likeness (QED) is 0.817. The minimum absolute atomic E-state index is 0.0199. The molecule has 0 saturated carbocycles. The summed E-state index contributed by atoms with van der Waals surface area (Å²) in [5, 5.41) is 3.07. The predicted octanol–water partition coefficient (Wildman–Crippen LogP) is 2.81. The highest BCUT2D eigenvalue weighted by molar-refractivity contribution is 5.78. The van der Waals surface area contributed by atoms with E-state index in [9.17, 15) is 4.79 Å². The van der Waals surface area contributed by atoms with Crippen molar-refractivity contribution in [2.75, 3.05) is 27.3 Å². The average Bonchev–Trinajstić information content (AvgIpc) is 2.71. The Bertz CT molecular complexity index is 791. The van der Waals surface area contributed by atoms with Gasteiger partial charge in [-0.3, -0.25) is 9.69 Å². The first-order chi connectivity index (χ1) is 13.1. The van der Waals surface area contributed by atoms with Crippen molar-refractivity contribution in [1.82, 2.24) is 10.2 Å². The molecular weight excluding hydrogens is 340 g/mol. The lowest BCUT2D eigenvalue weighted by Gasteiger charge is -2.33. The molecule has 0 spiro atoms. The Hall–Kier alpha value is -2.53. The Morgan fingerprint density at radius 3 is 2.59 bits per heavy atom. The molecule has 0 aromatic heterocycles. The van der Waals surface area contributed by atoms with Gasteiger partial charge in [-0.05, 0) is 42.2 Å². The number of ether oxygens (including phenoxy) is 2. The molecule has 0 fully saturated rings. The minimum atomic E-state index is 0.0199. The summed E-state index contributed by atoms with van der Waals surface area (Å²) in [4.78, 5) is 14.8. The molecule has 1 atom stereocenters. The number of methoxy groups -OCH3 is 2. The first-order valence-electron chi connectivity index (χ1n) is 9.39. The molecule has 5 nitrogen and oxygen atoms in total. The van der Waals surface area contributed by atoms with E-state index in [0.717, 1.165) is 25.1 Å². The molecule has 27 heavy (non-hydrogen) atoms. The normalized spacial score (nSPS) is 14.9. The van der Waals surface area contributed by atoms with Crippen LogP contribution in [0, 0.1) is 0 Å². The van der Waals surface area contributed by atoms with E-state index in [1.165, 1.54) is 11.1 Å². The maximum absolute atomic E-state index is 12.4. The Labute approximate surface area is 161 Å². The van der Waals surface area contributed by atoms with Crippen molar-refractivity contribution in [2.45, 2.75) is 32.4 Å². The van der Waals surface area contributed by atoms with Crippen LogP contribution in [0.1, 0.15) is 23.6 Å². The molecular formula is C22H28N2O3. The molecule has 3 rings (SSSR count). The topological polar surface area (TPSA) is 50.8 Å². The van der Waals surface area contributed by atoms with E-state index in [-0.39, 0.29) is 5.91 Å². The first-order valence-corrected chi connectivity index (χ1v) is 9.39. The minimum Gasteiger partial charge on any atom is -0.493 e. The molecule has 0 radical (unpaired) electrons. The highest BCUT2D eigenvalue weighted by Gasteiger charge is 2.20. The lowest BCUT2D eigenvalue weighted by atomic mass is 9.99. The number of fused-ring (bicyclic) bond motifs is 1. The fourth-order valence-electron chi connectivity index (χ4n) is 3.52. The standard InChI is InChI=1S/C22H28N2O3/c1-16(24-11-10-18-6-4-5-7-19(18)15-24)14-23-22(25)13-17-8-9-20(26-2)21(12-17)27-3/h4-9,12,16H,10-11,13-15H2,1-3H3,(H,23,25). The summed E-state index contributed by atoms with van der Waals surface area (Å²) >= 11 is 0. The molecule has 1 aliphatic rings. The lowest BCUT2D eigenvalue weighted by molar-refractivity contribution is -0.120. The number of hydrogen-bond donors (Lipinski definition) is 1. The largest absolute Gasteiger partial charge is 0.493 e. The van der Waals surface area contributed by atoms with Crippen LogP contribution in [0.4, 0.5) is 0 Å². The zero-order valence-corrected chi connectivity index (χ0v) is 16.3. The van der Waals surface area contributed by atoms with Crippen molar-refractivity contribution in [3.63, 3.8) is 0 Å². The fourth-order valence-corrected chi connectivity index (χ4v) is 3.52. The zero-order valence-electron chi connectivity index (χ0n) is 16.3. The molecule has 1 unspecified atom stereocenters. The smallest absolute Gasteiger partial charge is 0.224 e. The van der Waals surface area contributed by atoms with Crippen LogP contribution < -0.4 is 14.8 Å². The number of nitrogens with zero attached hydrogens (tertiary/aromatic N) is 1. The third-order valence-corrected chi connectivity index (χ3v) is 5.19. The fraction of sp³-hybridized carbons (Fsp3) is 0.409. The van der Waals surface area contributed by atoms with Gasteiger partial charge in [0.1, 0.15) is 0 Å². The molecule has 2 aromatic rings. The van der Waals surface area contributed by atoms with Crippen LogP contribution >= 0.6 is 0 Å². The second-order valence-corrected chi connectivity index (χ2v) is 7.01. The summed E-state index contributed by atoms with van der Waals surface area (Å²) in [6.45, 7) is 4.80. The number of hydrogen-bond acceptors (Lipinski definition) is 4. The highest BCUT2D eigenvalue weighted by atomic mass is 16.5. The Kier molecular flexibility index (Phi) is 6.35. The Morgan fingerprint density at radius 1 is 1.11 bits per heavy atom. The average molecular weight is 368 g/mol. The van der Waals surface area contributed by atoms with Gasteiger partial charge in [0, 0.05) is 25.7 Å². The SMILES string of the molecule is COc1ccc(CC(=O)NCC(C)N2CCc3ccccc3C2)cc1OC. The van der Waals surface area contributed by atoms with Gasteiger partial charge in [0.2, 0.25) is 5.91 Å². The van der Waals surface area contributed by atoms with E-state index >= 15 is 0 Å². The van der Waals surface area contributed by atoms with Gasteiger partial charge in [0.05, 0.1) is 20.6 Å². The number of carbonyl (C=O) groups excluding carboxylic acids is 1. The van der Waals surface area contributed by atoms with Crippen molar-refractivity contribution < 1.29 is 14.3 Å². The summed E-state index contributed by atoms with van der Waals surface area (Å²) in [6.07, 6.45) is 1.40. The van der Waals surface area contributed by atoms with E-state index in [1.807, 2.05) is 18.2 Å². The predicted molar refractivity (Wildman–Crippen MR) is 106 cm³/mol. The van der Waals surface area contributed by atoms with Gasteiger partial charge in [-0.1, -0.05) is 30.3 Å². The lowest BCUT2D eigenvalue weighted by Crippen LogP contribution is -2.44. The molecule has 1 N–H and O–H groups in total. The summed E-state index contributed by atoms with van der Waals surface area (Å²) in [7, 11) is 3.20. The first kappa shape index (κ1) is 19.2. The molecule has 1 heterocycles. The van der Waals surface area contributed by atoms with Gasteiger partial charge in [-0.25, -0.2) is 0 Å². The second-order valence-electron chi connectivity index (χ2n) is 7.01. The number of carbonyl (C=O) groups is 1. The molecule has 0 aliphatic carbocycles. The molecule has 5 heteroatoms. The maximum Gasteiger partial charge on any atom is 0.224 e. The molecule has 0 bridgehead atoms. The van der Waals surface area contributed by atoms with Crippen LogP contribution in [0.15, 0.2) is 42.5 Å². The van der Waals surface area contributed by atoms with Crippen molar-refractivity contribution in [2.24, 2.45) is 0 Å². The molecule has 1 aliphatic heterocycles. The van der Waals surface area contributed by atoms with Gasteiger partial charge in [-0.15, -0.1) is 0 Å². The van der Waals surface area contributed by atoms with E-state index in [0.29, 0.717) is 30.5 Å². The van der Waals surface area contributed by atoms with Crippen LogP contribution in [-0.4, -0.2) is 44.2 Å². The highest BCUT2D eigenvalue weighted by Crippen LogP contribution is 2.27. The van der Waals surface area contributed by atoms with Crippen molar-refractivity contribution in [3.05, 3.63) is 59.2 Å². The maximum atomic E-state index is 12.4. The third-order valence-electron chi connectivity index (χ3n) is 5.19. The van der Waals surface area contributed by atoms with Gasteiger partial charge in [0.15, 0.2) is 11.5 Å². The van der Waals surface area contributed by atoms with Gasteiger partial charge in [0.25, 0.3) is 0 Å². The summed E-state index contributed by atoms with van der Waals surface area (Å²) < 4.78 is 10.5. The van der Waals surface area contributed by atoms with Crippen LogP contribution in [-0.2, 0) is 24.2 Å². The van der Waals surface area contributed by atoms with Gasteiger partial charge < -0.3 is 14.8 Å². The third kappa shape index (κ3) is 4.80. The van der Waals surface area contributed by atoms with Crippen molar-refractivity contribution in [1.29, 1.82) is 0 Å². The summed E-state index contributed by atoms with van der Waals surface area (Å²) in [5.74, 6) is 1.33. The number of nitrogens with one attached hydrogen (secondary N) is 1. The number of amides is 1. The zero-order chi connectivity index (χ0) is 19.2. The summed E-state index contributed by atoms with van der Waals surface area (Å²) in [6, 6.07) is 14.5. The van der Waals surface area contributed by atoms with E-state index in [1.54, 1.807) is 14.2 Å².